The Labute approximate surface area is 138 Å². The summed E-state index contributed by atoms with van der Waals surface area (Å²) in [5.74, 6) is -0.0183. The number of halogens is 1. The molecule has 6 heteroatoms. The highest BCUT2D eigenvalue weighted by molar-refractivity contribution is 6.05. The van der Waals surface area contributed by atoms with Crippen LogP contribution in [0.2, 0.25) is 0 Å². The molecular weight excluding hydrogens is 311 g/mol. The minimum absolute atomic E-state index is 0.0797. The second-order valence-electron chi connectivity index (χ2n) is 5.90. The summed E-state index contributed by atoms with van der Waals surface area (Å²) in [7, 11) is 0. The lowest BCUT2D eigenvalue weighted by molar-refractivity contribution is 0.0323. The highest BCUT2D eigenvalue weighted by Crippen LogP contribution is 2.23. The Hall–Kier alpha value is -2.73. The fourth-order valence-corrected chi connectivity index (χ4v) is 2.49. The lowest BCUT2D eigenvalue weighted by Gasteiger charge is -2.21. The Morgan fingerprint density at radius 1 is 1.38 bits per heavy atom. The predicted molar refractivity (Wildman–Crippen MR) is 87.1 cm³/mol. The molecule has 2 aromatic heterocycles. The maximum Gasteiger partial charge on any atom is 0.253 e. The minimum atomic E-state index is -1.37. The van der Waals surface area contributed by atoms with Gasteiger partial charge >= 0.3 is 0 Å². The van der Waals surface area contributed by atoms with E-state index in [0.717, 1.165) is 6.07 Å². The highest BCUT2D eigenvalue weighted by Gasteiger charge is 2.28. The summed E-state index contributed by atoms with van der Waals surface area (Å²) in [6.07, 6.45) is 1.54. The van der Waals surface area contributed by atoms with Gasteiger partial charge in [-0.2, -0.15) is 0 Å². The third-order valence-corrected chi connectivity index (χ3v) is 3.78. The van der Waals surface area contributed by atoms with Crippen molar-refractivity contribution in [1.82, 2.24) is 10.3 Å². The van der Waals surface area contributed by atoms with Gasteiger partial charge in [0, 0.05) is 11.6 Å². The van der Waals surface area contributed by atoms with Crippen LogP contribution in [0.25, 0.3) is 10.9 Å². The maximum absolute atomic E-state index is 13.7. The predicted octanol–water partition coefficient (Wildman–Crippen LogP) is 2.91. The highest BCUT2D eigenvalue weighted by atomic mass is 19.1. The first-order valence-electron chi connectivity index (χ1n) is 7.48. The number of pyridine rings is 1. The van der Waals surface area contributed by atoms with E-state index < -0.39 is 17.3 Å². The van der Waals surface area contributed by atoms with Gasteiger partial charge in [0.05, 0.1) is 17.6 Å². The van der Waals surface area contributed by atoms with Crippen molar-refractivity contribution in [2.45, 2.75) is 19.4 Å². The van der Waals surface area contributed by atoms with Crippen molar-refractivity contribution >= 4 is 16.8 Å². The molecule has 1 atom stereocenters. The van der Waals surface area contributed by atoms with Crippen molar-refractivity contribution < 1.29 is 18.7 Å². The van der Waals surface area contributed by atoms with Gasteiger partial charge in [-0.05, 0) is 44.2 Å². The van der Waals surface area contributed by atoms with Gasteiger partial charge in [-0.15, -0.1) is 0 Å². The van der Waals surface area contributed by atoms with Crippen LogP contribution in [0.5, 0.6) is 0 Å². The van der Waals surface area contributed by atoms with E-state index in [2.05, 4.69) is 10.3 Å². The molecule has 124 valence electrons. The van der Waals surface area contributed by atoms with Crippen LogP contribution in [0.4, 0.5) is 4.39 Å². The fourth-order valence-electron chi connectivity index (χ4n) is 2.49. The molecule has 0 fully saturated rings. The van der Waals surface area contributed by atoms with Crippen LogP contribution < -0.4 is 5.32 Å². The number of hydrogen-bond acceptors (Lipinski definition) is 4. The third kappa shape index (κ3) is 3.14. The van der Waals surface area contributed by atoms with E-state index >= 15 is 0 Å². The molecule has 1 aromatic carbocycles. The van der Waals surface area contributed by atoms with Gasteiger partial charge in [-0.25, -0.2) is 4.39 Å². The quantitative estimate of drug-likeness (QED) is 0.772. The van der Waals surface area contributed by atoms with Gasteiger partial charge in [0.25, 0.3) is 5.91 Å². The first kappa shape index (κ1) is 16.1. The van der Waals surface area contributed by atoms with Crippen LogP contribution in [0, 0.1) is 12.7 Å². The summed E-state index contributed by atoms with van der Waals surface area (Å²) in [4.78, 5) is 16.6. The Morgan fingerprint density at radius 3 is 2.88 bits per heavy atom. The number of rotatable bonds is 4. The molecule has 3 rings (SSSR count). The molecule has 0 aliphatic heterocycles. The summed E-state index contributed by atoms with van der Waals surface area (Å²) < 4.78 is 19.1. The number of aryl methyl sites for hydroxylation is 1. The number of benzene rings is 1. The molecular formula is C18H17FN2O3. The normalized spacial score (nSPS) is 13.7. The molecule has 0 aliphatic carbocycles. The van der Waals surface area contributed by atoms with Gasteiger partial charge in [0.15, 0.2) is 0 Å². The van der Waals surface area contributed by atoms with Crippen molar-refractivity contribution in [3.63, 3.8) is 0 Å². The van der Waals surface area contributed by atoms with E-state index in [4.69, 9.17) is 4.42 Å². The number of aromatic nitrogens is 1. The molecule has 0 radical (unpaired) electrons. The lowest BCUT2D eigenvalue weighted by Crippen LogP contribution is -2.38. The number of fused-ring (bicyclic) bond motifs is 1. The Morgan fingerprint density at radius 2 is 2.17 bits per heavy atom. The summed E-state index contributed by atoms with van der Waals surface area (Å²) >= 11 is 0. The number of carbonyl (C=O) groups is 1. The molecule has 0 saturated heterocycles. The van der Waals surface area contributed by atoms with Crippen LogP contribution in [0.15, 0.2) is 47.0 Å². The van der Waals surface area contributed by atoms with Crippen LogP contribution in [0.3, 0.4) is 0 Å². The monoisotopic (exact) mass is 328 g/mol. The number of furan rings is 1. The molecule has 0 saturated carbocycles. The second-order valence-corrected chi connectivity index (χ2v) is 5.90. The zero-order valence-electron chi connectivity index (χ0n) is 13.3. The number of carbonyl (C=O) groups excluding carboxylic acids is 1. The third-order valence-electron chi connectivity index (χ3n) is 3.78. The van der Waals surface area contributed by atoms with E-state index in [-0.39, 0.29) is 12.1 Å². The van der Waals surface area contributed by atoms with E-state index in [1.165, 1.54) is 13.0 Å². The van der Waals surface area contributed by atoms with Crippen molar-refractivity contribution in [2.24, 2.45) is 0 Å². The van der Waals surface area contributed by atoms with E-state index in [9.17, 15) is 14.3 Å². The van der Waals surface area contributed by atoms with Crippen molar-refractivity contribution in [1.29, 1.82) is 0 Å². The average molecular weight is 328 g/mol. The Balaban J connectivity index is 1.83. The zero-order valence-corrected chi connectivity index (χ0v) is 13.3. The van der Waals surface area contributed by atoms with E-state index in [0.29, 0.717) is 22.4 Å². The first-order chi connectivity index (χ1) is 11.4. The summed E-state index contributed by atoms with van der Waals surface area (Å²) in [5.41, 5.74) is -0.845. The lowest BCUT2D eigenvalue weighted by atomic mass is 10.0. The van der Waals surface area contributed by atoms with Gasteiger partial charge in [-0.1, -0.05) is 6.07 Å². The van der Waals surface area contributed by atoms with Gasteiger partial charge < -0.3 is 14.8 Å². The molecule has 1 unspecified atom stereocenters. The minimum Gasteiger partial charge on any atom is -0.463 e. The smallest absolute Gasteiger partial charge is 0.253 e. The van der Waals surface area contributed by atoms with Crippen LogP contribution in [-0.4, -0.2) is 22.5 Å². The molecule has 24 heavy (non-hydrogen) atoms. The fraction of sp³-hybridized carbons (Fsp3) is 0.222. The molecule has 2 N–H and O–H groups in total. The molecule has 0 bridgehead atoms. The van der Waals surface area contributed by atoms with Gasteiger partial charge in [-0.3, -0.25) is 9.78 Å². The number of nitrogens with one attached hydrogen (secondary N) is 1. The molecule has 0 aliphatic rings. The van der Waals surface area contributed by atoms with Crippen LogP contribution in [-0.2, 0) is 5.60 Å². The number of amides is 1. The SMILES string of the molecule is Cc1ccc(C(C)(O)CNC(=O)c2cc(F)cc3cccnc23)o1. The standard InChI is InChI=1S/C18H17FN2O3/c1-11-5-6-15(24-11)18(2,23)10-21-17(22)14-9-13(19)8-12-4-3-7-20-16(12)14/h3-9,23H,10H2,1-2H3,(H,21,22). The summed E-state index contributed by atoms with van der Waals surface area (Å²) in [6, 6.07) is 9.20. The van der Waals surface area contributed by atoms with Gasteiger partial charge in [0.2, 0.25) is 0 Å². The topological polar surface area (TPSA) is 75.4 Å². The second kappa shape index (κ2) is 6.05. The number of hydrogen-bond donors (Lipinski definition) is 2. The number of nitrogens with zero attached hydrogens (tertiary/aromatic N) is 1. The van der Waals surface area contributed by atoms with Gasteiger partial charge in [0.1, 0.15) is 22.9 Å². The van der Waals surface area contributed by atoms with Crippen LogP contribution >= 0.6 is 0 Å². The molecule has 1 amide bonds. The van der Waals surface area contributed by atoms with E-state index in [1.54, 1.807) is 37.4 Å². The molecule has 2 heterocycles. The van der Waals surface area contributed by atoms with Crippen molar-refractivity contribution in [2.75, 3.05) is 6.54 Å². The van der Waals surface area contributed by atoms with Crippen molar-refractivity contribution in [3.05, 3.63) is 65.5 Å². The molecule has 3 aromatic rings. The molecule has 0 spiro atoms. The molecule has 5 nitrogen and oxygen atoms in total. The summed E-state index contributed by atoms with van der Waals surface area (Å²) in [6.45, 7) is 3.22. The largest absolute Gasteiger partial charge is 0.463 e. The first-order valence-corrected chi connectivity index (χ1v) is 7.48. The maximum atomic E-state index is 13.7. The number of aliphatic hydroxyl groups is 1. The van der Waals surface area contributed by atoms with Crippen LogP contribution in [0.1, 0.15) is 28.8 Å². The van der Waals surface area contributed by atoms with Crippen molar-refractivity contribution in [3.8, 4) is 0 Å². The van der Waals surface area contributed by atoms with E-state index in [1.807, 2.05) is 0 Å². The Kier molecular flexibility index (Phi) is 4.07. The Bertz CT molecular complexity index is 902. The average Bonchev–Trinajstić information content (AvgIpc) is 2.99. The summed E-state index contributed by atoms with van der Waals surface area (Å²) in [5, 5.41) is 13.6. The zero-order chi connectivity index (χ0) is 17.3.